The van der Waals surface area contributed by atoms with E-state index < -0.39 is 11.9 Å². The average molecular weight is 264 g/mol. The summed E-state index contributed by atoms with van der Waals surface area (Å²) < 4.78 is 0. The lowest BCUT2D eigenvalue weighted by Crippen LogP contribution is -2.32. The molecule has 0 fully saturated rings. The minimum Gasteiger partial charge on any atom is -0.481 e. The van der Waals surface area contributed by atoms with E-state index in [-0.39, 0.29) is 5.91 Å². The number of benzene rings is 1. The fourth-order valence-electron chi connectivity index (χ4n) is 1.54. The Balaban J connectivity index is 2.49. The standard InChI is InChI=1S/C14H20N2O3/c1-10(14(18)19)12-6-4-11(5-7-12)8-15-9-13(17)16(2)3/h4-7,10,15H,8-9H2,1-3H3,(H,18,19). The summed E-state index contributed by atoms with van der Waals surface area (Å²) in [5, 5.41) is 12.0. The third-order valence-electron chi connectivity index (χ3n) is 2.95. The number of rotatable bonds is 6. The van der Waals surface area contributed by atoms with Gasteiger partial charge in [-0.15, -0.1) is 0 Å². The zero-order valence-electron chi connectivity index (χ0n) is 11.5. The van der Waals surface area contributed by atoms with Gasteiger partial charge in [-0.1, -0.05) is 24.3 Å². The molecule has 0 aliphatic carbocycles. The van der Waals surface area contributed by atoms with Crippen LogP contribution in [0, 0.1) is 0 Å². The van der Waals surface area contributed by atoms with E-state index in [2.05, 4.69) is 5.32 Å². The second-order valence-electron chi connectivity index (χ2n) is 4.69. The van der Waals surface area contributed by atoms with Gasteiger partial charge in [0.2, 0.25) is 5.91 Å². The first-order valence-corrected chi connectivity index (χ1v) is 6.14. The summed E-state index contributed by atoms with van der Waals surface area (Å²) >= 11 is 0. The molecule has 0 spiro atoms. The summed E-state index contributed by atoms with van der Waals surface area (Å²) in [5.41, 5.74) is 1.80. The summed E-state index contributed by atoms with van der Waals surface area (Å²) in [6, 6.07) is 7.37. The van der Waals surface area contributed by atoms with E-state index in [1.165, 1.54) is 4.90 Å². The van der Waals surface area contributed by atoms with Crippen molar-refractivity contribution in [2.75, 3.05) is 20.6 Å². The Morgan fingerprint density at radius 2 is 1.84 bits per heavy atom. The van der Waals surface area contributed by atoms with Crippen LogP contribution in [-0.2, 0) is 16.1 Å². The van der Waals surface area contributed by atoms with E-state index in [1.54, 1.807) is 21.0 Å². The Hall–Kier alpha value is -1.88. The molecule has 0 saturated carbocycles. The molecule has 1 atom stereocenters. The van der Waals surface area contributed by atoms with Crippen molar-refractivity contribution in [2.24, 2.45) is 0 Å². The third kappa shape index (κ3) is 4.71. The molecular formula is C14H20N2O3. The van der Waals surface area contributed by atoms with Gasteiger partial charge in [0, 0.05) is 20.6 Å². The monoisotopic (exact) mass is 264 g/mol. The molecule has 0 bridgehead atoms. The third-order valence-corrected chi connectivity index (χ3v) is 2.95. The molecule has 1 aromatic carbocycles. The number of carbonyl (C=O) groups is 2. The molecule has 1 amide bonds. The second-order valence-corrected chi connectivity index (χ2v) is 4.69. The van der Waals surface area contributed by atoms with Gasteiger partial charge >= 0.3 is 5.97 Å². The molecule has 2 N–H and O–H groups in total. The van der Waals surface area contributed by atoms with E-state index in [1.807, 2.05) is 24.3 Å². The molecule has 0 aromatic heterocycles. The van der Waals surface area contributed by atoms with Gasteiger partial charge in [-0.05, 0) is 18.1 Å². The van der Waals surface area contributed by atoms with Crippen molar-refractivity contribution in [1.29, 1.82) is 0 Å². The summed E-state index contributed by atoms with van der Waals surface area (Å²) in [4.78, 5) is 23.7. The number of carboxylic acid groups (broad SMARTS) is 1. The summed E-state index contributed by atoms with van der Waals surface area (Å²) in [6.45, 7) is 2.53. The van der Waals surface area contributed by atoms with E-state index in [4.69, 9.17) is 5.11 Å². The van der Waals surface area contributed by atoms with Crippen molar-refractivity contribution in [2.45, 2.75) is 19.4 Å². The topological polar surface area (TPSA) is 69.6 Å². The molecule has 0 aliphatic rings. The number of nitrogens with one attached hydrogen (secondary N) is 1. The number of likely N-dealkylation sites (N-methyl/N-ethyl adjacent to an activating group) is 1. The molecule has 0 aliphatic heterocycles. The van der Waals surface area contributed by atoms with Crippen LogP contribution in [0.1, 0.15) is 24.0 Å². The highest BCUT2D eigenvalue weighted by molar-refractivity contribution is 5.77. The first kappa shape index (κ1) is 15.2. The lowest BCUT2D eigenvalue weighted by molar-refractivity contribution is -0.138. The SMILES string of the molecule is CC(C(=O)O)c1ccc(CNCC(=O)N(C)C)cc1. The summed E-state index contributed by atoms with van der Waals surface area (Å²) in [6.07, 6.45) is 0. The smallest absolute Gasteiger partial charge is 0.310 e. The maximum Gasteiger partial charge on any atom is 0.310 e. The Bertz CT molecular complexity index is 441. The average Bonchev–Trinajstić information content (AvgIpc) is 2.38. The van der Waals surface area contributed by atoms with Crippen LogP contribution in [0.15, 0.2) is 24.3 Å². The molecule has 0 radical (unpaired) electrons. The van der Waals surface area contributed by atoms with Crippen LogP contribution in [0.25, 0.3) is 0 Å². The van der Waals surface area contributed by atoms with Crippen LogP contribution < -0.4 is 5.32 Å². The molecule has 1 rings (SSSR count). The lowest BCUT2D eigenvalue weighted by atomic mass is 10.0. The number of aliphatic carboxylic acids is 1. The van der Waals surface area contributed by atoms with Crippen LogP contribution in [0.4, 0.5) is 0 Å². The van der Waals surface area contributed by atoms with Crippen LogP contribution in [0.3, 0.4) is 0 Å². The van der Waals surface area contributed by atoms with Crippen molar-refractivity contribution in [3.63, 3.8) is 0 Å². The number of hydrogen-bond donors (Lipinski definition) is 2. The van der Waals surface area contributed by atoms with Gasteiger partial charge in [0.15, 0.2) is 0 Å². The van der Waals surface area contributed by atoms with Crippen molar-refractivity contribution < 1.29 is 14.7 Å². The normalized spacial score (nSPS) is 11.9. The van der Waals surface area contributed by atoms with E-state index >= 15 is 0 Å². The van der Waals surface area contributed by atoms with Crippen LogP contribution in [-0.4, -0.2) is 42.5 Å². The number of nitrogens with zero attached hydrogens (tertiary/aromatic N) is 1. The van der Waals surface area contributed by atoms with Gasteiger partial charge in [0.25, 0.3) is 0 Å². The Morgan fingerprint density at radius 3 is 2.32 bits per heavy atom. The number of carboxylic acids is 1. The van der Waals surface area contributed by atoms with E-state index in [9.17, 15) is 9.59 Å². The highest BCUT2D eigenvalue weighted by atomic mass is 16.4. The van der Waals surface area contributed by atoms with Gasteiger partial charge in [-0.3, -0.25) is 9.59 Å². The Morgan fingerprint density at radius 1 is 1.26 bits per heavy atom. The largest absolute Gasteiger partial charge is 0.481 e. The lowest BCUT2D eigenvalue weighted by Gasteiger charge is -2.11. The molecular weight excluding hydrogens is 244 g/mol. The van der Waals surface area contributed by atoms with Gasteiger partial charge in [0.1, 0.15) is 0 Å². The summed E-state index contributed by atoms with van der Waals surface area (Å²) in [7, 11) is 3.43. The van der Waals surface area contributed by atoms with Crippen LogP contribution in [0.2, 0.25) is 0 Å². The van der Waals surface area contributed by atoms with Crippen molar-refractivity contribution in [3.05, 3.63) is 35.4 Å². The minimum absolute atomic E-state index is 0.0242. The Kier molecular flexibility index (Phi) is 5.51. The van der Waals surface area contributed by atoms with E-state index in [0.717, 1.165) is 11.1 Å². The molecule has 104 valence electrons. The molecule has 5 heteroatoms. The number of amides is 1. The highest BCUT2D eigenvalue weighted by Gasteiger charge is 2.12. The van der Waals surface area contributed by atoms with Gasteiger partial charge in [-0.2, -0.15) is 0 Å². The summed E-state index contributed by atoms with van der Waals surface area (Å²) in [5.74, 6) is -1.31. The highest BCUT2D eigenvalue weighted by Crippen LogP contribution is 2.15. The number of hydrogen-bond acceptors (Lipinski definition) is 3. The molecule has 5 nitrogen and oxygen atoms in total. The molecule has 1 unspecified atom stereocenters. The Labute approximate surface area is 113 Å². The van der Waals surface area contributed by atoms with Crippen molar-refractivity contribution in [1.82, 2.24) is 10.2 Å². The fourth-order valence-corrected chi connectivity index (χ4v) is 1.54. The van der Waals surface area contributed by atoms with Gasteiger partial charge in [-0.25, -0.2) is 0 Å². The second kappa shape index (κ2) is 6.89. The van der Waals surface area contributed by atoms with Crippen molar-refractivity contribution in [3.8, 4) is 0 Å². The molecule has 0 heterocycles. The molecule has 19 heavy (non-hydrogen) atoms. The zero-order chi connectivity index (χ0) is 14.4. The zero-order valence-corrected chi connectivity index (χ0v) is 11.5. The predicted molar refractivity (Wildman–Crippen MR) is 72.9 cm³/mol. The quantitative estimate of drug-likeness (QED) is 0.806. The maximum absolute atomic E-state index is 11.3. The number of carbonyl (C=O) groups excluding carboxylic acids is 1. The predicted octanol–water partition coefficient (Wildman–Crippen LogP) is 1.05. The van der Waals surface area contributed by atoms with Crippen LogP contribution >= 0.6 is 0 Å². The first-order valence-electron chi connectivity index (χ1n) is 6.14. The van der Waals surface area contributed by atoms with Gasteiger partial charge in [0.05, 0.1) is 12.5 Å². The van der Waals surface area contributed by atoms with Crippen LogP contribution in [0.5, 0.6) is 0 Å². The molecule has 1 aromatic rings. The van der Waals surface area contributed by atoms with E-state index in [0.29, 0.717) is 13.1 Å². The maximum atomic E-state index is 11.3. The van der Waals surface area contributed by atoms with Gasteiger partial charge < -0.3 is 15.3 Å². The first-order chi connectivity index (χ1) is 8.91. The van der Waals surface area contributed by atoms with Crippen molar-refractivity contribution >= 4 is 11.9 Å². The minimum atomic E-state index is -0.831. The fraction of sp³-hybridized carbons (Fsp3) is 0.429. The molecule has 0 saturated heterocycles.